The van der Waals surface area contributed by atoms with E-state index in [0.717, 1.165) is 10.9 Å². The number of sulfonamides is 1. The predicted molar refractivity (Wildman–Crippen MR) is 104 cm³/mol. The molecule has 0 aliphatic rings. The number of methoxy groups -OCH3 is 1. The molecule has 2 aromatic heterocycles. The van der Waals surface area contributed by atoms with Crippen molar-refractivity contribution in [2.45, 2.75) is 11.1 Å². The zero-order valence-corrected chi connectivity index (χ0v) is 16.9. The molecule has 2 aromatic carbocycles. The third-order valence-corrected chi connectivity index (χ3v) is 5.87. The first-order valence-corrected chi connectivity index (χ1v) is 10.2. The number of hydrogen-bond acceptors (Lipinski definition) is 6. The van der Waals surface area contributed by atoms with Crippen molar-refractivity contribution in [3.05, 3.63) is 54.4 Å². The topological polar surface area (TPSA) is 104 Å². The number of benzene rings is 2. The number of rotatable bonds is 5. The summed E-state index contributed by atoms with van der Waals surface area (Å²) in [5.74, 6) is 0.273. The fourth-order valence-electron chi connectivity index (χ4n) is 2.98. The molecule has 1 N–H and O–H groups in total. The van der Waals surface area contributed by atoms with Crippen LogP contribution in [0.15, 0.2) is 53.7 Å². The third kappa shape index (κ3) is 3.79. The lowest BCUT2D eigenvalue weighted by Gasteiger charge is -2.13. The van der Waals surface area contributed by atoms with Gasteiger partial charge in [-0.15, -0.1) is 5.10 Å². The number of ether oxygens (including phenoxy) is 1. The minimum absolute atomic E-state index is 0.103. The SMILES string of the molecule is COc1ccc2nnn(C)c2c1NS(=O)(=O)c1ccc(-n2cc(C(F)(F)F)cn2)cc1. The van der Waals surface area contributed by atoms with Crippen LogP contribution in [0.2, 0.25) is 0 Å². The lowest BCUT2D eigenvalue weighted by Crippen LogP contribution is -2.14. The molecule has 4 aromatic rings. The van der Waals surface area contributed by atoms with Crippen LogP contribution in [0.25, 0.3) is 16.7 Å². The highest BCUT2D eigenvalue weighted by atomic mass is 32.2. The Hall–Kier alpha value is -3.61. The first-order valence-electron chi connectivity index (χ1n) is 8.71. The molecular formula is C18H15F3N6O3S. The lowest BCUT2D eigenvalue weighted by atomic mass is 10.2. The molecule has 0 aliphatic carbocycles. The van der Waals surface area contributed by atoms with Crippen LogP contribution < -0.4 is 9.46 Å². The van der Waals surface area contributed by atoms with Gasteiger partial charge < -0.3 is 4.74 Å². The summed E-state index contributed by atoms with van der Waals surface area (Å²) >= 11 is 0. The Labute approximate surface area is 174 Å². The van der Waals surface area contributed by atoms with E-state index in [9.17, 15) is 21.6 Å². The van der Waals surface area contributed by atoms with Crippen molar-refractivity contribution in [1.29, 1.82) is 0 Å². The zero-order valence-electron chi connectivity index (χ0n) is 16.1. The molecule has 0 radical (unpaired) electrons. The molecule has 0 spiro atoms. The van der Waals surface area contributed by atoms with Crippen LogP contribution in [0, 0.1) is 0 Å². The number of nitrogens with one attached hydrogen (secondary N) is 1. The summed E-state index contributed by atoms with van der Waals surface area (Å²) < 4.78 is 74.3. The van der Waals surface area contributed by atoms with Gasteiger partial charge >= 0.3 is 6.18 Å². The van der Waals surface area contributed by atoms with Crippen molar-refractivity contribution < 1.29 is 26.3 Å². The Morgan fingerprint density at radius 2 is 1.81 bits per heavy atom. The van der Waals surface area contributed by atoms with Gasteiger partial charge in [-0.2, -0.15) is 18.3 Å². The number of hydrogen-bond donors (Lipinski definition) is 1. The van der Waals surface area contributed by atoms with Crippen LogP contribution >= 0.6 is 0 Å². The van der Waals surface area contributed by atoms with E-state index in [1.165, 1.54) is 36.1 Å². The Balaban J connectivity index is 1.67. The Kier molecular flexibility index (Phi) is 4.84. The number of fused-ring (bicyclic) bond motifs is 1. The summed E-state index contributed by atoms with van der Waals surface area (Å²) in [5, 5.41) is 11.5. The second-order valence-corrected chi connectivity index (χ2v) is 8.18. The van der Waals surface area contributed by atoms with Gasteiger partial charge in [0.1, 0.15) is 22.5 Å². The average Bonchev–Trinajstić information content (AvgIpc) is 3.36. The van der Waals surface area contributed by atoms with E-state index >= 15 is 0 Å². The highest BCUT2D eigenvalue weighted by molar-refractivity contribution is 7.92. The van der Waals surface area contributed by atoms with Crippen molar-refractivity contribution in [3.63, 3.8) is 0 Å². The van der Waals surface area contributed by atoms with Crippen LogP contribution in [0.4, 0.5) is 18.9 Å². The van der Waals surface area contributed by atoms with Crippen molar-refractivity contribution >= 4 is 26.7 Å². The van der Waals surface area contributed by atoms with Gasteiger partial charge in [0.2, 0.25) is 0 Å². The summed E-state index contributed by atoms with van der Waals surface area (Å²) in [6, 6.07) is 8.44. The molecule has 0 saturated carbocycles. The summed E-state index contributed by atoms with van der Waals surface area (Å²) in [7, 11) is -1.05. The highest BCUT2D eigenvalue weighted by Crippen LogP contribution is 2.34. The predicted octanol–water partition coefficient (Wildman–Crippen LogP) is 2.98. The van der Waals surface area contributed by atoms with Crippen LogP contribution in [-0.4, -0.2) is 40.3 Å². The number of aromatic nitrogens is 5. The van der Waals surface area contributed by atoms with Crippen LogP contribution in [0.1, 0.15) is 5.56 Å². The van der Waals surface area contributed by atoms with E-state index in [0.29, 0.717) is 17.2 Å². The minimum atomic E-state index is -4.52. The number of anilines is 1. The standard InChI is InChI=1S/C18H15F3N6O3S/c1-26-17-14(23-25-26)7-8-15(30-2)16(17)24-31(28,29)13-5-3-12(4-6-13)27-10-11(9-22-27)18(19,20)21/h3-10,24H,1-2H3. The number of halogens is 3. The van der Waals surface area contributed by atoms with E-state index in [2.05, 4.69) is 20.1 Å². The van der Waals surface area contributed by atoms with E-state index < -0.39 is 21.8 Å². The van der Waals surface area contributed by atoms with Gasteiger partial charge in [0.25, 0.3) is 10.0 Å². The Morgan fingerprint density at radius 1 is 1.10 bits per heavy atom. The molecular weight excluding hydrogens is 437 g/mol. The molecule has 0 unspecified atom stereocenters. The fourth-order valence-corrected chi connectivity index (χ4v) is 4.06. The maximum Gasteiger partial charge on any atom is 0.419 e. The Bertz CT molecular complexity index is 1360. The van der Waals surface area contributed by atoms with Crippen molar-refractivity contribution in [1.82, 2.24) is 24.8 Å². The highest BCUT2D eigenvalue weighted by Gasteiger charge is 2.32. The van der Waals surface area contributed by atoms with Crippen molar-refractivity contribution in [3.8, 4) is 11.4 Å². The number of aryl methyl sites for hydroxylation is 1. The molecule has 162 valence electrons. The normalized spacial score (nSPS) is 12.3. The lowest BCUT2D eigenvalue weighted by molar-refractivity contribution is -0.137. The second-order valence-electron chi connectivity index (χ2n) is 6.49. The van der Waals surface area contributed by atoms with Gasteiger partial charge in [-0.1, -0.05) is 5.21 Å². The van der Waals surface area contributed by atoms with Gasteiger partial charge in [-0.25, -0.2) is 17.8 Å². The number of alkyl halides is 3. The van der Waals surface area contributed by atoms with Gasteiger partial charge in [-0.05, 0) is 36.4 Å². The quantitative estimate of drug-likeness (QED) is 0.499. The minimum Gasteiger partial charge on any atom is -0.494 e. The van der Waals surface area contributed by atoms with E-state index in [1.54, 1.807) is 19.2 Å². The van der Waals surface area contributed by atoms with Crippen LogP contribution in [0.3, 0.4) is 0 Å². The maximum absolute atomic E-state index is 12.9. The van der Waals surface area contributed by atoms with Gasteiger partial charge in [0.15, 0.2) is 0 Å². The molecule has 31 heavy (non-hydrogen) atoms. The van der Waals surface area contributed by atoms with E-state index in [1.807, 2.05) is 0 Å². The average molecular weight is 452 g/mol. The molecule has 0 aliphatic heterocycles. The van der Waals surface area contributed by atoms with Gasteiger partial charge in [0, 0.05) is 13.2 Å². The summed E-state index contributed by atoms with van der Waals surface area (Å²) in [6.07, 6.45) is -3.00. The van der Waals surface area contributed by atoms with Gasteiger partial charge in [0.05, 0.1) is 29.5 Å². The first-order chi connectivity index (χ1) is 14.6. The first kappa shape index (κ1) is 20.7. The molecule has 0 saturated heterocycles. The van der Waals surface area contributed by atoms with Crippen LogP contribution in [-0.2, 0) is 23.2 Å². The molecule has 0 bridgehead atoms. The molecule has 0 fully saturated rings. The molecule has 2 heterocycles. The fraction of sp³-hybridized carbons (Fsp3) is 0.167. The molecule has 9 nitrogen and oxygen atoms in total. The molecule has 13 heteroatoms. The Morgan fingerprint density at radius 3 is 2.42 bits per heavy atom. The molecule has 0 amide bonds. The summed E-state index contributed by atoms with van der Waals surface area (Å²) in [5.41, 5.74) is 0.422. The summed E-state index contributed by atoms with van der Waals surface area (Å²) in [4.78, 5) is -0.103. The smallest absolute Gasteiger partial charge is 0.419 e. The zero-order chi connectivity index (χ0) is 22.4. The molecule has 4 rings (SSSR count). The van der Waals surface area contributed by atoms with Gasteiger partial charge in [-0.3, -0.25) is 4.72 Å². The van der Waals surface area contributed by atoms with E-state index in [4.69, 9.17) is 4.74 Å². The monoisotopic (exact) mass is 452 g/mol. The maximum atomic E-state index is 12.9. The largest absolute Gasteiger partial charge is 0.494 e. The summed E-state index contributed by atoms with van der Waals surface area (Å²) in [6.45, 7) is 0. The second kappa shape index (κ2) is 7.27. The van der Waals surface area contributed by atoms with Crippen molar-refractivity contribution in [2.24, 2.45) is 7.05 Å². The van der Waals surface area contributed by atoms with Crippen LogP contribution in [0.5, 0.6) is 5.75 Å². The third-order valence-electron chi connectivity index (χ3n) is 4.51. The molecule has 0 atom stereocenters. The van der Waals surface area contributed by atoms with Crippen molar-refractivity contribution in [2.75, 3.05) is 11.8 Å². The van der Waals surface area contributed by atoms with E-state index in [-0.39, 0.29) is 22.0 Å². The number of nitrogens with zero attached hydrogens (tertiary/aromatic N) is 5.